The van der Waals surface area contributed by atoms with E-state index >= 15 is 0 Å². The molecule has 0 aliphatic carbocycles. The molecule has 0 bridgehead atoms. The molecule has 0 aromatic rings. The highest BCUT2D eigenvalue weighted by atomic mass is 32.3. The van der Waals surface area contributed by atoms with E-state index in [4.69, 9.17) is 9.92 Å². The van der Waals surface area contributed by atoms with Crippen LogP contribution >= 0.6 is 0 Å². The van der Waals surface area contributed by atoms with E-state index < -0.39 is 102 Å². The van der Waals surface area contributed by atoms with Gasteiger partial charge >= 0.3 is 10.4 Å². The minimum absolute atomic E-state index is 0.00958. The summed E-state index contributed by atoms with van der Waals surface area (Å²) in [5.74, 6) is -1.84. The second kappa shape index (κ2) is 48.5. The topological polar surface area (TPSA) is 354 Å². The SMILES string of the molecule is C=CCCC=CC(C)C(O)C(C)C(O)C=CC=CC=CC=CC=CC=CCC(OS(=O)(=O)O)C(C)C(=O)CC(O)CC(O)C=CCC(O)CC(O)CC(O)C=CCC(O)CC(O)C=CCC(O)CC(O)CCCN=C(N)NC=CCCCC. The normalized spacial score (nSPS) is 19.1. The van der Waals surface area contributed by atoms with E-state index in [2.05, 4.69) is 23.8 Å². The zero-order valence-electron chi connectivity index (χ0n) is 49.3. The number of carbonyl (C=O) groups excluding carboxylic acids is 1. The van der Waals surface area contributed by atoms with Crippen molar-refractivity contribution in [3.8, 4) is 0 Å². The molecule has 0 aromatic carbocycles. The number of ketones is 1. The number of nitrogens with two attached hydrogens (primary N) is 1. The second-order valence-corrected chi connectivity index (χ2v) is 22.0. The molecule has 0 saturated carbocycles. The van der Waals surface area contributed by atoms with Gasteiger partial charge in [0.1, 0.15) is 5.78 Å². The lowest BCUT2D eigenvalue weighted by atomic mass is 9.88. The molecule has 0 saturated heterocycles. The fourth-order valence-electron chi connectivity index (χ4n) is 8.17. The first-order chi connectivity index (χ1) is 39.4. The smallest absolute Gasteiger partial charge is 0.393 e. The molecule has 0 radical (unpaired) electrons. The monoisotopic (exact) mass is 1190 g/mol. The molecular formula is C63H103N3O16S. The highest BCUT2D eigenvalue weighted by Crippen LogP contribution is 2.21. The number of nitrogens with zero attached hydrogens (tertiary/aromatic N) is 1. The van der Waals surface area contributed by atoms with Crippen LogP contribution in [0.25, 0.3) is 0 Å². The number of rotatable bonds is 48. The number of allylic oxidation sites excluding steroid dienone is 13. The lowest BCUT2D eigenvalue weighted by Crippen LogP contribution is -2.32. The molecule has 83 heavy (non-hydrogen) atoms. The Morgan fingerprint density at radius 1 is 0.578 bits per heavy atom. The Labute approximate surface area is 495 Å². The summed E-state index contributed by atoms with van der Waals surface area (Å²) < 4.78 is 37.4. The molecule has 0 rings (SSSR count). The van der Waals surface area contributed by atoms with Crippen molar-refractivity contribution in [2.24, 2.45) is 28.5 Å². The molecule has 15 unspecified atom stereocenters. The number of guanidine groups is 1. The number of nitrogens with one attached hydrogen (secondary N) is 1. The van der Waals surface area contributed by atoms with Gasteiger partial charge in [0.15, 0.2) is 5.96 Å². The van der Waals surface area contributed by atoms with Crippen LogP contribution in [0.1, 0.15) is 137 Å². The summed E-state index contributed by atoms with van der Waals surface area (Å²) in [4.78, 5) is 17.3. The molecule has 15 N–H and O–H groups in total. The maximum Gasteiger partial charge on any atom is 0.397 e. The summed E-state index contributed by atoms with van der Waals surface area (Å²) in [7, 11) is -4.94. The third kappa shape index (κ3) is 45.3. The number of hydrogen-bond donors (Lipinski definition) is 14. The van der Waals surface area contributed by atoms with Gasteiger partial charge in [-0.2, -0.15) is 8.42 Å². The molecule has 0 aliphatic rings. The fraction of sp³-hybridized carbons (Fsp3) is 0.587. The van der Waals surface area contributed by atoms with Crippen LogP contribution in [0.15, 0.2) is 151 Å². The Hall–Kier alpha value is -4.75. The molecule has 0 aromatic heterocycles. The van der Waals surface area contributed by atoms with Crippen molar-refractivity contribution in [1.29, 1.82) is 0 Å². The number of aliphatic hydroxyl groups is 11. The van der Waals surface area contributed by atoms with Crippen LogP contribution in [0.2, 0.25) is 0 Å². The number of aliphatic hydroxyl groups excluding tert-OH is 11. The molecule has 0 fully saturated rings. The minimum atomic E-state index is -4.94. The molecule has 19 nitrogen and oxygen atoms in total. The molecule has 15 atom stereocenters. The van der Waals surface area contributed by atoms with Gasteiger partial charge in [0.25, 0.3) is 0 Å². The average Bonchev–Trinajstić information content (AvgIpc) is 3.40. The van der Waals surface area contributed by atoms with E-state index in [1.165, 1.54) is 37.3 Å². The van der Waals surface area contributed by atoms with Crippen LogP contribution in [-0.2, 0) is 19.4 Å². The number of unbranched alkanes of at least 4 members (excludes halogenated alkanes) is 3. The number of aliphatic imine (C=N–C) groups is 1. The predicted molar refractivity (Wildman–Crippen MR) is 330 cm³/mol. The summed E-state index contributed by atoms with van der Waals surface area (Å²) in [6.07, 6.45) is 31.8. The Balaban J connectivity index is 4.73. The van der Waals surface area contributed by atoms with Gasteiger partial charge in [0, 0.05) is 50.0 Å². The van der Waals surface area contributed by atoms with Gasteiger partial charge < -0.3 is 67.2 Å². The van der Waals surface area contributed by atoms with E-state index in [1.807, 2.05) is 31.2 Å². The van der Waals surface area contributed by atoms with E-state index in [9.17, 15) is 73.9 Å². The zero-order valence-corrected chi connectivity index (χ0v) is 50.1. The summed E-state index contributed by atoms with van der Waals surface area (Å²) in [6, 6.07) is 0. The third-order valence-electron chi connectivity index (χ3n) is 13.1. The summed E-state index contributed by atoms with van der Waals surface area (Å²) in [5, 5.41) is 117. The Morgan fingerprint density at radius 2 is 1.08 bits per heavy atom. The van der Waals surface area contributed by atoms with Crippen LogP contribution in [-0.4, -0.2) is 161 Å². The number of hydrogen-bond acceptors (Lipinski definition) is 16. The van der Waals surface area contributed by atoms with Gasteiger partial charge in [-0.15, -0.1) is 6.58 Å². The zero-order chi connectivity index (χ0) is 62.4. The van der Waals surface area contributed by atoms with Crippen LogP contribution in [0.3, 0.4) is 0 Å². The van der Waals surface area contributed by atoms with Crippen LogP contribution < -0.4 is 11.1 Å². The van der Waals surface area contributed by atoms with Crippen molar-refractivity contribution >= 4 is 22.1 Å². The van der Waals surface area contributed by atoms with Crippen molar-refractivity contribution in [1.82, 2.24) is 5.32 Å². The van der Waals surface area contributed by atoms with Gasteiger partial charge in [0.05, 0.1) is 73.2 Å². The molecule has 0 aliphatic heterocycles. The average molecular weight is 1190 g/mol. The Morgan fingerprint density at radius 3 is 1.63 bits per heavy atom. The van der Waals surface area contributed by atoms with Crippen molar-refractivity contribution < 1.29 is 78.1 Å². The summed E-state index contributed by atoms with van der Waals surface area (Å²) in [5.41, 5.74) is 5.82. The van der Waals surface area contributed by atoms with E-state index in [0.717, 1.165) is 32.1 Å². The van der Waals surface area contributed by atoms with Crippen molar-refractivity contribution in [2.45, 2.75) is 210 Å². The van der Waals surface area contributed by atoms with Crippen molar-refractivity contribution in [2.75, 3.05) is 6.54 Å². The first-order valence-corrected chi connectivity index (χ1v) is 30.4. The quantitative estimate of drug-likeness (QED) is 0.00778. The minimum Gasteiger partial charge on any atom is -0.393 e. The third-order valence-corrected chi connectivity index (χ3v) is 13.6. The Kier molecular flexibility index (Phi) is 45.7. The molecular weight excluding hydrogens is 1090 g/mol. The molecule has 472 valence electrons. The first kappa shape index (κ1) is 78.2. The maximum atomic E-state index is 13.1. The van der Waals surface area contributed by atoms with Gasteiger partial charge in [0.2, 0.25) is 0 Å². The molecule has 0 heterocycles. The lowest BCUT2D eigenvalue weighted by Gasteiger charge is -2.25. The van der Waals surface area contributed by atoms with Crippen molar-refractivity contribution in [3.05, 3.63) is 146 Å². The first-order valence-electron chi connectivity index (χ1n) is 29.0. The van der Waals surface area contributed by atoms with E-state index in [1.54, 1.807) is 92.1 Å². The van der Waals surface area contributed by atoms with Crippen molar-refractivity contribution in [3.63, 3.8) is 0 Å². The molecule has 20 heteroatoms. The van der Waals surface area contributed by atoms with Gasteiger partial charge in [-0.1, -0.05) is 174 Å². The highest BCUT2D eigenvalue weighted by Gasteiger charge is 2.30. The Bertz CT molecular complexity index is 2210. The largest absolute Gasteiger partial charge is 0.397 e. The number of Topliss-reactive ketones (excluding diaryl/α,β-unsaturated/α-hetero) is 1. The number of carbonyl (C=O) groups is 1. The van der Waals surface area contributed by atoms with Crippen LogP contribution in [0.4, 0.5) is 0 Å². The van der Waals surface area contributed by atoms with E-state index in [0.29, 0.717) is 25.3 Å². The van der Waals surface area contributed by atoms with E-state index in [-0.39, 0.29) is 69.6 Å². The van der Waals surface area contributed by atoms with Crippen LogP contribution in [0, 0.1) is 17.8 Å². The van der Waals surface area contributed by atoms with Gasteiger partial charge in [-0.3, -0.25) is 14.3 Å². The molecule has 0 spiro atoms. The highest BCUT2D eigenvalue weighted by molar-refractivity contribution is 7.80. The standard InChI is InChI=1S/C63H103N3O16S/c1-6-8-10-21-29-47(3)62(78)49(5)59(76)37-22-19-17-15-13-12-14-16-18-20-23-38-61(82-83(79,80)81)48(4)60(77)46-58(75)45-55(72)35-27-34-54(71)44-57(74)43-53(70)33-26-32-51(68)41-50(67)30-25-31-52(69)42-56(73)36-28-40-66-63(64)65-39-24-11-9-7-2/h6,12-27,29-30,33,35,37,39,47-59,61-62,67-76,78H,1,7-11,28,31-32,34,36,38,40-46H2,2-5H3,(H3,64,65,66)(H,79,80,81). The fourth-order valence-corrected chi connectivity index (χ4v) is 8.73. The van der Waals surface area contributed by atoms with Gasteiger partial charge in [-0.05, 0) is 76.8 Å². The molecule has 0 amide bonds. The summed E-state index contributed by atoms with van der Waals surface area (Å²) in [6.45, 7) is 11.3. The summed E-state index contributed by atoms with van der Waals surface area (Å²) >= 11 is 0. The lowest BCUT2D eigenvalue weighted by molar-refractivity contribution is -0.127. The van der Waals surface area contributed by atoms with Gasteiger partial charge in [-0.25, -0.2) is 4.18 Å². The maximum absolute atomic E-state index is 13.1. The van der Waals surface area contributed by atoms with Crippen LogP contribution in [0.5, 0.6) is 0 Å². The predicted octanol–water partition coefficient (Wildman–Crippen LogP) is 6.44. The second-order valence-electron chi connectivity index (χ2n) is 21.0.